The first-order chi connectivity index (χ1) is 8.33. The molecule has 92 valence electrons. The second-order valence-electron chi connectivity index (χ2n) is 5.19. The van der Waals surface area contributed by atoms with Gasteiger partial charge in [0.05, 0.1) is 0 Å². The number of hydrogen-bond acceptors (Lipinski definition) is 2. The molecule has 3 heteroatoms. The summed E-state index contributed by atoms with van der Waals surface area (Å²) in [6, 6.07) is 8.25. The summed E-state index contributed by atoms with van der Waals surface area (Å²) < 4.78 is 13.6. The SMILES string of the molecule is Fc1ccccc1C[C@@H]1CN2CCC[C@H]2CN1. The molecule has 2 nitrogen and oxygen atoms in total. The van der Waals surface area contributed by atoms with Crippen LogP contribution in [-0.2, 0) is 6.42 Å². The largest absolute Gasteiger partial charge is 0.311 e. The molecule has 0 aliphatic carbocycles. The quantitative estimate of drug-likeness (QED) is 0.839. The van der Waals surface area contributed by atoms with Gasteiger partial charge in [-0.3, -0.25) is 4.90 Å². The third-order valence-corrected chi connectivity index (χ3v) is 4.02. The number of nitrogens with zero attached hydrogens (tertiary/aromatic N) is 1. The number of benzene rings is 1. The molecule has 2 heterocycles. The molecule has 0 unspecified atom stereocenters. The highest BCUT2D eigenvalue weighted by molar-refractivity contribution is 5.18. The maximum atomic E-state index is 13.6. The molecule has 0 saturated carbocycles. The zero-order valence-corrected chi connectivity index (χ0v) is 10.0. The van der Waals surface area contributed by atoms with E-state index in [1.807, 2.05) is 12.1 Å². The van der Waals surface area contributed by atoms with Crippen molar-refractivity contribution in [2.75, 3.05) is 19.6 Å². The van der Waals surface area contributed by atoms with Gasteiger partial charge in [0.2, 0.25) is 0 Å². The predicted octanol–water partition coefficient (Wildman–Crippen LogP) is 1.80. The minimum Gasteiger partial charge on any atom is -0.311 e. The minimum atomic E-state index is -0.0714. The molecule has 2 fully saturated rings. The van der Waals surface area contributed by atoms with E-state index in [0.717, 1.165) is 31.1 Å². The summed E-state index contributed by atoms with van der Waals surface area (Å²) in [7, 11) is 0. The van der Waals surface area contributed by atoms with Crippen LogP contribution in [0.1, 0.15) is 18.4 Å². The Hall–Kier alpha value is -0.930. The van der Waals surface area contributed by atoms with E-state index in [1.54, 1.807) is 12.1 Å². The Morgan fingerprint density at radius 3 is 3.12 bits per heavy atom. The first-order valence-electron chi connectivity index (χ1n) is 6.54. The van der Waals surface area contributed by atoms with Crippen LogP contribution < -0.4 is 5.32 Å². The number of hydrogen-bond donors (Lipinski definition) is 1. The maximum Gasteiger partial charge on any atom is 0.126 e. The first kappa shape index (κ1) is 11.2. The van der Waals surface area contributed by atoms with Crippen LogP contribution in [0.5, 0.6) is 0 Å². The van der Waals surface area contributed by atoms with Gasteiger partial charge in [-0.1, -0.05) is 18.2 Å². The van der Waals surface area contributed by atoms with E-state index >= 15 is 0 Å². The van der Waals surface area contributed by atoms with Gasteiger partial charge in [0.25, 0.3) is 0 Å². The van der Waals surface area contributed by atoms with E-state index in [4.69, 9.17) is 0 Å². The van der Waals surface area contributed by atoms with E-state index in [1.165, 1.54) is 19.4 Å². The predicted molar refractivity (Wildman–Crippen MR) is 66.5 cm³/mol. The summed E-state index contributed by atoms with van der Waals surface area (Å²) in [5.74, 6) is -0.0714. The molecule has 0 radical (unpaired) electrons. The Bertz CT molecular complexity index is 394. The topological polar surface area (TPSA) is 15.3 Å². The summed E-state index contributed by atoms with van der Waals surface area (Å²) in [6.45, 7) is 3.36. The van der Waals surface area contributed by atoms with Crippen molar-refractivity contribution in [3.05, 3.63) is 35.6 Å². The van der Waals surface area contributed by atoms with Crippen LogP contribution in [0.25, 0.3) is 0 Å². The fourth-order valence-electron chi connectivity index (χ4n) is 3.08. The third kappa shape index (κ3) is 2.35. The molecule has 0 aromatic heterocycles. The fourth-order valence-corrected chi connectivity index (χ4v) is 3.08. The van der Waals surface area contributed by atoms with Crippen molar-refractivity contribution in [3.63, 3.8) is 0 Å². The average molecular weight is 234 g/mol. The van der Waals surface area contributed by atoms with Gasteiger partial charge in [-0.25, -0.2) is 4.39 Å². The molecule has 17 heavy (non-hydrogen) atoms. The molecular formula is C14H19FN2. The summed E-state index contributed by atoms with van der Waals surface area (Å²) in [5.41, 5.74) is 0.836. The maximum absolute atomic E-state index is 13.6. The van der Waals surface area contributed by atoms with Crippen LogP contribution in [0.15, 0.2) is 24.3 Å². The summed E-state index contributed by atoms with van der Waals surface area (Å²) in [4.78, 5) is 2.56. The molecule has 2 atom stereocenters. The van der Waals surface area contributed by atoms with E-state index < -0.39 is 0 Å². The lowest BCUT2D eigenvalue weighted by molar-refractivity contribution is 0.172. The number of nitrogens with one attached hydrogen (secondary N) is 1. The zero-order valence-electron chi connectivity index (χ0n) is 10.0. The average Bonchev–Trinajstić information content (AvgIpc) is 2.79. The van der Waals surface area contributed by atoms with Crippen LogP contribution in [0, 0.1) is 5.82 Å². The lowest BCUT2D eigenvalue weighted by atomic mass is 10.0. The van der Waals surface area contributed by atoms with Crippen LogP contribution in [-0.4, -0.2) is 36.6 Å². The molecule has 2 saturated heterocycles. The van der Waals surface area contributed by atoms with Crippen molar-refractivity contribution in [2.24, 2.45) is 0 Å². The number of fused-ring (bicyclic) bond motifs is 1. The second kappa shape index (κ2) is 4.75. The van der Waals surface area contributed by atoms with E-state index in [-0.39, 0.29) is 5.82 Å². The first-order valence-corrected chi connectivity index (χ1v) is 6.54. The second-order valence-corrected chi connectivity index (χ2v) is 5.19. The van der Waals surface area contributed by atoms with Crippen LogP contribution in [0.2, 0.25) is 0 Å². The Balaban J connectivity index is 1.64. The number of rotatable bonds is 2. The molecule has 2 aliphatic rings. The molecule has 0 spiro atoms. The molecule has 1 aromatic rings. The monoisotopic (exact) mass is 234 g/mol. The Morgan fingerprint density at radius 2 is 2.24 bits per heavy atom. The van der Waals surface area contributed by atoms with Gasteiger partial charge in [-0.2, -0.15) is 0 Å². The molecule has 2 aliphatic heterocycles. The van der Waals surface area contributed by atoms with Crippen molar-refractivity contribution in [2.45, 2.75) is 31.3 Å². The van der Waals surface area contributed by atoms with Crippen LogP contribution in [0.4, 0.5) is 4.39 Å². The summed E-state index contributed by atoms with van der Waals surface area (Å²) in [6.07, 6.45) is 3.44. The lowest BCUT2D eigenvalue weighted by Gasteiger charge is -2.36. The molecular weight excluding hydrogens is 215 g/mol. The fraction of sp³-hybridized carbons (Fsp3) is 0.571. The summed E-state index contributed by atoms with van der Waals surface area (Å²) in [5, 5.41) is 3.56. The molecule has 1 N–H and O–H groups in total. The highest BCUT2D eigenvalue weighted by atomic mass is 19.1. The van der Waals surface area contributed by atoms with Gasteiger partial charge in [-0.15, -0.1) is 0 Å². The van der Waals surface area contributed by atoms with Crippen molar-refractivity contribution >= 4 is 0 Å². The van der Waals surface area contributed by atoms with E-state index in [9.17, 15) is 4.39 Å². The summed E-state index contributed by atoms with van der Waals surface area (Å²) >= 11 is 0. The number of halogens is 1. The van der Waals surface area contributed by atoms with Crippen molar-refractivity contribution in [1.29, 1.82) is 0 Å². The lowest BCUT2D eigenvalue weighted by Crippen LogP contribution is -2.54. The van der Waals surface area contributed by atoms with Gasteiger partial charge in [0.1, 0.15) is 5.82 Å². The highest BCUT2D eigenvalue weighted by Crippen LogP contribution is 2.21. The standard InChI is InChI=1S/C14H19FN2/c15-14-6-2-1-4-11(14)8-12-10-17-7-3-5-13(17)9-16-12/h1-2,4,6,12-13,16H,3,5,7-10H2/t12-,13+/m1/s1. The zero-order chi connectivity index (χ0) is 11.7. The van der Waals surface area contributed by atoms with Gasteiger partial charge in [0.15, 0.2) is 0 Å². The van der Waals surface area contributed by atoms with Gasteiger partial charge < -0.3 is 5.32 Å². The molecule has 1 aromatic carbocycles. The smallest absolute Gasteiger partial charge is 0.126 e. The van der Waals surface area contributed by atoms with Crippen LogP contribution in [0.3, 0.4) is 0 Å². The normalized spacial score (nSPS) is 29.2. The Kier molecular flexibility index (Phi) is 3.12. The van der Waals surface area contributed by atoms with Crippen molar-refractivity contribution in [3.8, 4) is 0 Å². The van der Waals surface area contributed by atoms with E-state index in [0.29, 0.717) is 6.04 Å². The Morgan fingerprint density at radius 1 is 1.35 bits per heavy atom. The molecule has 0 bridgehead atoms. The molecule has 0 amide bonds. The minimum absolute atomic E-state index is 0.0714. The van der Waals surface area contributed by atoms with Crippen molar-refractivity contribution < 1.29 is 4.39 Å². The van der Waals surface area contributed by atoms with Gasteiger partial charge in [-0.05, 0) is 37.4 Å². The highest BCUT2D eigenvalue weighted by Gasteiger charge is 2.31. The van der Waals surface area contributed by atoms with Crippen molar-refractivity contribution in [1.82, 2.24) is 10.2 Å². The van der Waals surface area contributed by atoms with Gasteiger partial charge in [0, 0.05) is 25.2 Å². The Labute approximate surface area is 102 Å². The third-order valence-electron chi connectivity index (χ3n) is 4.02. The van der Waals surface area contributed by atoms with Crippen LogP contribution >= 0.6 is 0 Å². The molecule has 3 rings (SSSR count). The van der Waals surface area contributed by atoms with E-state index in [2.05, 4.69) is 10.2 Å². The van der Waals surface area contributed by atoms with Gasteiger partial charge >= 0.3 is 0 Å². The number of piperazine rings is 1.